The highest BCUT2D eigenvalue weighted by Gasteiger charge is 2.17. The van der Waals surface area contributed by atoms with E-state index in [0.29, 0.717) is 32.9 Å². The monoisotopic (exact) mass is 380 g/mol. The second-order valence-corrected chi connectivity index (χ2v) is 7.17. The van der Waals surface area contributed by atoms with E-state index in [9.17, 15) is 9.59 Å². The van der Waals surface area contributed by atoms with Crippen molar-refractivity contribution >= 4 is 34.0 Å². The number of aromatic amines is 1. The lowest BCUT2D eigenvalue weighted by Gasteiger charge is -2.03. The molecular weight excluding hydrogens is 364 g/mol. The number of carbonyl (C=O) groups is 1. The maximum atomic E-state index is 13.0. The molecule has 0 atom stereocenters. The fourth-order valence-electron chi connectivity index (χ4n) is 2.90. The van der Waals surface area contributed by atoms with Gasteiger partial charge in [-0.25, -0.2) is 9.97 Å². The third kappa shape index (κ3) is 2.77. The summed E-state index contributed by atoms with van der Waals surface area (Å²) in [6, 6.07) is 5.24. The highest BCUT2D eigenvalue weighted by atomic mass is 32.1. The standard InChI is InChI=1S/C18H16N6O2S/c1-9-7-22-18(27-9)24-5-3-4-10(17(24)26)13-6-11-12(16(25)20-2)8-21-15(19)14(11)23-13/h3-8,23H,1-2H3,(H2,19,21)(H,20,25). The van der Waals surface area contributed by atoms with E-state index in [0.717, 1.165) is 4.88 Å². The number of hydrogen-bond acceptors (Lipinski definition) is 6. The van der Waals surface area contributed by atoms with E-state index < -0.39 is 0 Å². The number of aryl methyl sites for hydroxylation is 1. The van der Waals surface area contributed by atoms with Gasteiger partial charge in [-0.15, -0.1) is 11.3 Å². The number of fused-ring (bicyclic) bond motifs is 1. The Kier molecular flexibility index (Phi) is 4.00. The number of H-pyrrole nitrogens is 1. The van der Waals surface area contributed by atoms with Gasteiger partial charge in [-0.2, -0.15) is 0 Å². The second kappa shape index (κ2) is 6.36. The molecule has 0 aliphatic rings. The van der Waals surface area contributed by atoms with Crippen molar-refractivity contribution in [3.05, 3.63) is 57.6 Å². The molecule has 0 aliphatic carbocycles. The highest BCUT2D eigenvalue weighted by Crippen LogP contribution is 2.28. The minimum atomic E-state index is -0.276. The number of thiazole rings is 1. The van der Waals surface area contributed by atoms with Gasteiger partial charge in [-0.3, -0.25) is 14.2 Å². The Labute approximate surface area is 157 Å². The van der Waals surface area contributed by atoms with Crippen molar-refractivity contribution in [3.8, 4) is 16.4 Å². The molecule has 4 heterocycles. The van der Waals surface area contributed by atoms with Crippen LogP contribution in [0.4, 0.5) is 5.82 Å². The largest absolute Gasteiger partial charge is 0.382 e. The van der Waals surface area contributed by atoms with Gasteiger partial charge < -0.3 is 16.0 Å². The number of anilines is 1. The molecule has 0 saturated heterocycles. The number of hydrogen-bond donors (Lipinski definition) is 3. The van der Waals surface area contributed by atoms with Crippen LogP contribution in [-0.4, -0.2) is 32.5 Å². The minimum Gasteiger partial charge on any atom is -0.382 e. The normalized spacial score (nSPS) is 11.0. The zero-order valence-electron chi connectivity index (χ0n) is 14.6. The molecule has 0 aliphatic heterocycles. The zero-order valence-corrected chi connectivity index (χ0v) is 15.4. The molecule has 4 aromatic heterocycles. The van der Waals surface area contributed by atoms with Gasteiger partial charge in [0.1, 0.15) is 5.82 Å². The van der Waals surface area contributed by atoms with E-state index in [1.165, 1.54) is 22.1 Å². The first-order valence-electron chi connectivity index (χ1n) is 8.13. The lowest BCUT2D eigenvalue weighted by Crippen LogP contribution is -2.19. The van der Waals surface area contributed by atoms with Crippen LogP contribution in [-0.2, 0) is 0 Å². The SMILES string of the molecule is CNC(=O)c1cnc(N)c2[nH]c(-c3cccn(-c4ncc(C)s4)c3=O)cc12. The van der Waals surface area contributed by atoms with Crippen LogP contribution in [0.1, 0.15) is 15.2 Å². The maximum absolute atomic E-state index is 13.0. The van der Waals surface area contributed by atoms with Crippen LogP contribution in [0.5, 0.6) is 0 Å². The number of pyridine rings is 2. The van der Waals surface area contributed by atoms with Gasteiger partial charge in [0.15, 0.2) is 5.13 Å². The van der Waals surface area contributed by atoms with Crippen LogP contribution < -0.4 is 16.6 Å². The summed E-state index contributed by atoms with van der Waals surface area (Å²) >= 11 is 1.43. The van der Waals surface area contributed by atoms with Crippen LogP contribution in [0, 0.1) is 6.92 Å². The maximum Gasteiger partial charge on any atom is 0.266 e. The molecule has 4 aromatic rings. The smallest absolute Gasteiger partial charge is 0.266 e. The summed E-state index contributed by atoms with van der Waals surface area (Å²) in [5.74, 6) is -0.0162. The molecule has 4 N–H and O–H groups in total. The van der Waals surface area contributed by atoms with Crippen LogP contribution in [0.25, 0.3) is 27.3 Å². The molecule has 0 aromatic carbocycles. The number of nitrogens with two attached hydrogens (primary N) is 1. The van der Waals surface area contributed by atoms with Crippen molar-refractivity contribution in [2.24, 2.45) is 0 Å². The van der Waals surface area contributed by atoms with Crippen molar-refractivity contribution in [1.82, 2.24) is 24.8 Å². The Hall–Kier alpha value is -3.46. The Morgan fingerprint density at radius 2 is 2.15 bits per heavy atom. The van der Waals surface area contributed by atoms with Crippen LogP contribution >= 0.6 is 11.3 Å². The first kappa shape index (κ1) is 17.0. The lowest BCUT2D eigenvalue weighted by molar-refractivity contribution is 0.0964. The molecule has 4 rings (SSSR count). The molecule has 9 heteroatoms. The van der Waals surface area contributed by atoms with E-state index in [1.54, 1.807) is 37.6 Å². The molecule has 0 bridgehead atoms. The molecule has 0 spiro atoms. The van der Waals surface area contributed by atoms with Crippen LogP contribution in [0.2, 0.25) is 0 Å². The van der Waals surface area contributed by atoms with Gasteiger partial charge in [-0.1, -0.05) is 0 Å². The number of carbonyl (C=O) groups excluding carboxylic acids is 1. The summed E-state index contributed by atoms with van der Waals surface area (Å²) in [6.07, 6.45) is 4.83. The fraction of sp³-hybridized carbons (Fsp3) is 0.111. The Morgan fingerprint density at radius 3 is 2.85 bits per heavy atom. The molecule has 136 valence electrons. The predicted octanol–water partition coefficient (Wildman–Crippen LogP) is 2.09. The molecule has 0 fully saturated rings. The van der Waals surface area contributed by atoms with E-state index >= 15 is 0 Å². The molecule has 0 radical (unpaired) electrons. The summed E-state index contributed by atoms with van der Waals surface area (Å²) in [4.78, 5) is 37.6. The summed E-state index contributed by atoms with van der Waals surface area (Å²) < 4.78 is 1.50. The Bertz CT molecular complexity index is 1240. The van der Waals surface area contributed by atoms with Gasteiger partial charge in [0.05, 0.1) is 22.3 Å². The number of rotatable bonds is 3. The third-order valence-corrected chi connectivity index (χ3v) is 5.13. The van der Waals surface area contributed by atoms with Gasteiger partial charge in [0.2, 0.25) is 0 Å². The number of amides is 1. The molecular formula is C18H16N6O2S. The van der Waals surface area contributed by atoms with Crippen molar-refractivity contribution < 1.29 is 4.79 Å². The quantitative estimate of drug-likeness (QED) is 0.503. The van der Waals surface area contributed by atoms with E-state index in [-0.39, 0.29) is 17.3 Å². The summed E-state index contributed by atoms with van der Waals surface area (Å²) in [5.41, 5.74) is 7.65. The van der Waals surface area contributed by atoms with Crippen LogP contribution in [0.15, 0.2) is 41.6 Å². The third-order valence-electron chi connectivity index (χ3n) is 4.22. The molecule has 27 heavy (non-hydrogen) atoms. The molecule has 1 amide bonds. The number of nitrogens with zero attached hydrogens (tertiary/aromatic N) is 3. The summed E-state index contributed by atoms with van der Waals surface area (Å²) in [6.45, 7) is 1.93. The van der Waals surface area contributed by atoms with Crippen molar-refractivity contribution in [3.63, 3.8) is 0 Å². The van der Waals surface area contributed by atoms with Crippen molar-refractivity contribution in [2.75, 3.05) is 12.8 Å². The topological polar surface area (TPSA) is 119 Å². The average molecular weight is 380 g/mol. The Balaban J connectivity index is 1.92. The number of nitrogens with one attached hydrogen (secondary N) is 2. The van der Waals surface area contributed by atoms with E-state index in [2.05, 4.69) is 20.3 Å². The Morgan fingerprint density at radius 1 is 1.33 bits per heavy atom. The molecule has 0 saturated carbocycles. The number of aromatic nitrogens is 4. The fourth-order valence-corrected chi connectivity index (χ4v) is 3.64. The van der Waals surface area contributed by atoms with Crippen molar-refractivity contribution in [1.29, 1.82) is 0 Å². The zero-order chi connectivity index (χ0) is 19.1. The van der Waals surface area contributed by atoms with Gasteiger partial charge >= 0.3 is 0 Å². The van der Waals surface area contributed by atoms with Gasteiger partial charge in [-0.05, 0) is 25.1 Å². The van der Waals surface area contributed by atoms with E-state index in [1.807, 2.05) is 6.92 Å². The summed E-state index contributed by atoms with van der Waals surface area (Å²) in [7, 11) is 1.55. The van der Waals surface area contributed by atoms with Crippen molar-refractivity contribution in [2.45, 2.75) is 6.92 Å². The minimum absolute atomic E-state index is 0.216. The second-order valence-electron chi connectivity index (χ2n) is 5.96. The molecule has 8 nitrogen and oxygen atoms in total. The molecule has 0 unspecified atom stereocenters. The number of nitrogen functional groups attached to an aromatic ring is 1. The van der Waals surface area contributed by atoms with Gasteiger partial charge in [0, 0.05) is 35.9 Å². The highest BCUT2D eigenvalue weighted by molar-refractivity contribution is 7.13. The summed E-state index contributed by atoms with van der Waals surface area (Å²) in [5, 5.41) is 3.79. The van der Waals surface area contributed by atoms with E-state index in [4.69, 9.17) is 5.73 Å². The predicted molar refractivity (Wildman–Crippen MR) is 105 cm³/mol. The van der Waals surface area contributed by atoms with Gasteiger partial charge in [0.25, 0.3) is 11.5 Å². The lowest BCUT2D eigenvalue weighted by atomic mass is 10.1. The van der Waals surface area contributed by atoms with Crippen LogP contribution in [0.3, 0.4) is 0 Å². The first-order valence-corrected chi connectivity index (χ1v) is 8.95. The average Bonchev–Trinajstić information content (AvgIpc) is 3.29. The first-order chi connectivity index (χ1) is 13.0.